The van der Waals surface area contributed by atoms with Crippen molar-refractivity contribution in [3.8, 4) is 5.75 Å². The zero-order valence-electron chi connectivity index (χ0n) is 14.6. The average Bonchev–Trinajstić information content (AvgIpc) is 2.92. The van der Waals surface area contributed by atoms with Gasteiger partial charge in [0, 0.05) is 32.9 Å². The van der Waals surface area contributed by atoms with Crippen molar-refractivity contribution in [2.75, 3.05) is 7.11 Å². The molecule has 0 amide bonds. The van der Waals surface area contributed by atoms with E-state index in [1.807, 2.05) is 0 Å². The standard InChI is InChI=1S/C21H22BrNO/c1-5-12-8-13-9-16-15-7-6-14(22)10-18(15)23-20(16)21(2,3)17(13)11-19(12)24-4/h6-8,10-11,23H,5,9H2,1-4H3. The molecule has 0 atom stereocenters. The van der Waals surface area contributed by atoms with Gasteiger partial charge in [-0.25, -0.2) is 0 Å². The average molecular weight is 384 g/mol. The number of H-pyrrole nitrogens is 1. The van der Waals surface area contributed by atoms with E-state index in [4.69, 9.17) is 4.74 Å². The van der Waals surface area contributed by atoms with Crippen molar-refractivity contribution in [2.24, 2.45) is 0 Å². The predicted octanol–water partition coefficient (Wildman–Crippen LogP) is 5.73. The summed E-state index contributed by atoms with van der Waals surface area (Å²) in [6.45, 7) is 6.80. The smallest absolute Gasteiger partial charge is 0.122 e. The van der Waals surface area contributed by atoms with E-state index < -0.39 is 0 Å². The highest BCUT2D eigenvalue weighted by Crippen LogP contribution is 2.45. The minimum atomic E-state index is -0.0615. The van der Waals surface area contributed by atoms with E-state index in [2.05, 4.69) is 72.0 Å². The number of methoxy groups -OCH3 is 1. The molecule has 1 heterocycles. The zero-order chi connectivity index (χ0) is 17.1. The molecule has 0 unspecified atom stereocenters. The number of aryl methyl sites for hydroxylation is 1. The molecule has 4 rings (SSSR count). The van der Waals surface area contributed by atoms with Crippen LogP contribution in [0.15, 0.2) is 34.8 Å². The Bertz CT molecular complexity index is 952. The molecular formula is C21H22BrNO. The van der Waals surface area contributed by atoms with Gasteiger partial charge in [0.15, 0.2) is 0 Å². The fourth-order valence-corrected chi connectivity index (χ4v) is 4.50. The molecule has 0 aliphatic heterocycles. The van der Waals surface area contributed by atoms with Crippen molar-refractivity contribution >= 4 is 26.8 Å². The number of ether oxygens (including phenoxy) is 1. The van der Waals surface area contributed by atoms with Crippen LogP contribution in [0.4, 0.5) is 0 Å². The Labute approximate surface area is 151 Å². The summed E-state index contributed by atoms with van der Waals surface area (Å²) in [5, 5.41) is 1.33. The third kappa shape index (κ3) is 2.14. The molecule has 1 aliphatic rings. The lowest BCUT2D eigenvalue weighted by Gasteiger charge is -2.34. The van der Waals surface area contributed by atoms with Crippen molar-refractivity contribution < 1.29 is 4.74 Å². The maximum atomic E-state index is 5.64. The van der Waals surface area contributed by atoms with Crippen LogP contribution in [0.1, 0.15) is 48.7 Å². The van der Waals surface area contributed by atoms with E-state index in [9.17, 15) is 0 Å². The van der Waals surface area contributed by atoms with Crippen LogP contribution in [0, 0.1) is 0 Å². The molecule has 0 bridgehead atoms. The van der Waals surface area contributed by atoms with E-state index >= 15 is 0 Å². The minimum absolute atomic E-state index is 0.0615. The second-order valence-corrected chi connectivity index (χ2v) is 8.06. The van der Waals surface area contributed by atoms with Gasteiger partial charge in [0.1, 0.15) is 5.75 Å². The number of fused-ring (bicyclic) bond motifs is 4. The highest BCUT2D eigenvalue weighted by Gasteiger charge is 2.35. The molecule has 0 saturated carbocycles. The molecule has 0 radical (unpaired) electrons. The Hall–Kier alpha value is -1.74. The quantitative estimate of drug-likeness (QED) is 0.600. The number of benzene rings is 2. The normalized spacial score (nSPS) is 15.2. The summed E-state index contributed by atoms with van der Waals surface area (Å²) < 4.78 is 6.75. The summed E-state index contributed by atoms with van der Waals surface area (Å²) in [6.07, 6.45) is 1.97. The van der Waals surface area contributed by atoms with Gasteiger partial charge in [0.2, 0.25) is 0 Å². The molecule has 2 nitrogen and oxygen atoms in total. The van der Waals surface area contributed by atoms with Gasteiger partial charge in [-0.1, -0.05) is 48.8 Å². The molecule has 3 aromatic rings. The van der Waals surface area contributed by atoms with Gasteiger partial charge < -0.3 is 9.72 Å². The summed E-state index contributed by atoms with van der Waals surface area (Å²) in [5.74, 6) is 1.01. The van der Waals surface area contributed by atoms with Gasteiger partial charge in [-0.3, -0.25) is 0 Å². The van der Waals surface area contributed by atoms with Gasteiger partial charge in [-0.05, 0) is 46.9 Å². The first-order valence-electron chi connectivity index (χ1n) is 8.46. The lowest BCUT2D eigenvalue weighted by Crippen LogP contribution is -2.27. The zero-order valence-corrected chi connectivity index (χ0v) is 16.2. The largest absolute Gasteiger partial charge is 0.496 e. The predicted molar refractivity (Wildman–Crippen MR) is 103 cm³/mol. The molecule has 24 heavy (non-hydrogen) atoms. The van der Waals surface area contributed by atoms with Crippen molar-refractivity contribution in [1.82, 2.24) is 4.98 Å². The van der Waals surface area contributed by atoms with Crippen LogP contribution in [-0.4, -0.2) is 12.1 Å². The topological polar surface area (TPSA) is 25.0 Å². The second kappa shape index (κ2) is 5.38. The maximum absolute atomic E-state index is 5.64. The first kappa shape index (κ1) is 15.8. The summed E-state index contributed by atoms with van der Waals surface area (Å²) in [6, 6.07) is 11.1. The molecule has 0 saturated heterocycles. The molecule has 0 spiro atoms. The molecule has 0 fully saturated rings. The molecule has 2 aromatic carbocycles. The van der Waals surface area contributed by atoms with Gasteiger partial charge in [-0.2, -0.15) is 0 Å². The first-order valence-corrected chi connectivity index (χ1v) is 9.25. The minimum Gasteiger partial charge on any atom is -0.496 e. The SMILES string of the molecule is CCc1cc2c(cc1OC)C(C)(C)c1[nH]c3cc(Br)ccc3c1C2. The van der Waals surface area contributed by atoms with Crippen LogP contribution in [-0.2, 0) is 18.3 Å². The second-order valence-electron chi connectivity index (χ2n) is 7.14. The van der Waals surface area contributed by atoms with Crippen LogP contribution >= 0.6 is 15.9 Å². The molecule has 124 valence electrons. The van der Waals surface area contributed by atoms with Crippen LogP contribution in [0.5, 0.6) is 5.75 Å². The Morgan fingerprint density at radius 2 is 2.00 bits per heavy atom. The first-order chi connectivity index (χ1) is 11.5. The number of hydrogen-bond donors (Lipinski definition) is 1. The number of hydrogen-bond acceptors (Lipinski definition) is 1. The van der Waals surface area contributed by atoms with Gasteiger partial charge in [-0.15, -0.1) is 0 Å². The summed E-state index contributed by atoms with van der Waals surface area (Å²) in [5.41, 5.74) is 7.99. The Morgan fingerprint density at radius 3 is 2.71 bits per heavy atom. The van der Waals surface area contributed by atoms with E-state index in [0.717, 1.165) is 23.1 Å². The number of aromatic amines is 1. The fourth-order valence-electron chi connectivity index (χ4n) is 4.14. The van der Waals surface area contributed by atoms with Gasteiger partial charge in [0.25, 0.3) is 0 Å². The summed E-state index contributed by atoms with van der Waals surface area (Å²) in [7, 11) is 1.77. The Balaban J connectivity index is 1.99. The van der Waals surface area contributed by atoms with E-state index in [1.165, 1.54) is 38.9 Å². The van der Waals surface area contributed by atoms with Crippen molar-refractivity contribution in [1.29, 1.82) is 0 Å². The third-order valence-electron chi connectivity index (χ3n) is 5.42. The molecule has 1 aromatic heterocycles. The van der Waals surface area contributed by atoms with Crippen LogP contribution in [0.25, 0.3) is 10.9 Å². The van der Waals surface area contributed by atoms with Crippen molar-refractivity contribution in [2.45, 2.75) is 39.0 Å². The Morgan fingerprint density at radius 1 is 1.21 bits per heavy atom. The van der Waals surface area contributed by atoms with Gasteiger partial charge >= 0.3 is 0 Å². The molecular weight excluding hydrogens is 362 g/mol. The monoisotopic (exact) mass is 383 g/mol. The summed E-state index contributed by atoms with van der Waals surface area (Å²) >= 11 is 3.58. The lowest BCUT2D eigenvalue weighted by molar-refractivity contribution is 0.407. The summed E-state index contributed by atoms with van der Waals surface area (Å²) in [4.78, 5) is 3.68. The fraction of sp³-hybridized carbons (Fsp3) is 0.333. The number of halogens is 1. The van der Waals surface area contributed by atoms with Crippen LogP contribution in [0.3, 0.4) is 0 Å². The highest BCUT2D eigenvalue weighted by atomic mass is 79.9. The van der Waals surface area contributed by atoms with Crippen molar-refractivity contribution in [3.63, 3.8) is 0 Å². The number of nitrogens with one attached hydrogen (secondary N) is 1. The number of aromatic nitrogens is 1. The highest BCUT2D eigenvalue weighted by molar-refractivity contribution is 9.10. The maximum Gasteiger partial charge on any atom is 0.122 e. The van der Waals surface area contributed by atoms with E-state index in [1.54, 1.807) is 7.11 Å². The van der Waals surface area contributed by atoms with Crippen LogP contribution in [0.2, 0.25) is 0 Å². The Kier molecular flexibility index (Phi) is 3.54. The molecule has 3 heteroatoms. The van der Waals surface area contributed by atoms with Crippen LogP contribution < -0.4 is 4.74 Å². The van der Waals surface area contributed by atoms with E-state index in [0.29, 0.717) is 0 Å². The third-order valence-corrected chi connectivity index (χ3v) is 5.91. The lowest BCUT2D eigenvalue weighted by atomic mass is 9.71. The van der Waals surface area contributed by atoms with E-state index in [-0.39, 0.29) is 5.41 Å². The number of rotatable bonds is 2. The van der Waals surface area contributed by atoms with Crippen molar-refractivity contribution in [3.05, 3.63) is 62.8 Å². The molecule has 1 N–H and O–H groups in total. The van der Waals surface area contributed by atoms with Gasteiger partial charge in [0.05, 0.1) is 7.11 Å². The molecule has 1 aliphatic carbocycles.